The number of benzene rings is 1. The van der Waals surface area contributed by atoms with Crippen LogP contribution in [-0.4, -0.2) is 28.6 Å². The maximum Gasteiger partial charge on any atom is 0.276 e. The third-order valence-electron chi connectivity index (χ3n) is 1.62. The van der Waals surface area contributed by atoms with Gasteiger partial charge in [0.05, 0.1) is 21.7 Å². The Labute approximate surface area is 102 Å². The van der Waals surface area contributed by atoms with E-state index in [-0.39, 0.29) is 17.1 Å². The minimum atomic E-state index is -3.66. The van der Waals surface area contributed by atoms with Gasteiger partial charge in [-0.25, -0.2) is 0 Å². The Bertz CT molecular complexity index is 511. The first-order valence-electron chi connectivity index (χ1n) is 4.51. The van der Waals surface area contributed by atoms with Crippen molar-refractivity contribution >= 4 is 21.5 Å². The van der Waals surface area contributed by atoms with E-state index in [1.165, 1.54) is 25.1 Å². The monoisotopic (exact) mass is 278 g/mol. The summed E-state index contributed by atoms with van der Waals surface area (Å²) in [5.41, 5.74) is -0.548. The van der Waals surface area contributed by atoms with Crippen molar-refractivity contribution in [2.45, 2.75) is 6.92 Å². The van der Waals surface area contributed by atoms with Crippen LogP contribution in [0, 0.1) is 20.2 Å². The lowest BCUT2D eigenvalue weighted by Gasteiger charge is -1.90. The number of nitrogens with zero attached hydrogens (tertiary/aromatic N) is 2. The summed E-state index contributed by atoms with van der Waals surface area (Å²) in [7, 11) is -3.66. The molecule has 0 aliphatic rings. The van der Waals surface area contributed by atoms with Gasteiger partial charge in [0.1, 0.15) is 0 Å². The molecule has 9 nitrogen and oxygen atoms in total. The second-order valence-electron chi connectivity index (χ2n) is 2.90. The average Bonchev–Trinajstić information content (AvgIpc) is 2.29. The zero-order valence-corrected chi connectivity index (χ0v) is 10.0. The van der Waals surface area contributed by atoms with E-state index in [9.17, 15) is 28.6 Å². The number of rotatable bonds is 3. The van der Waals surface area contributed by atoms with Crippen LogP contribution in [0.4, 0.5) is 11.4 Å². The smallest absolute Gasteiger partial charge is 0.276 e. The molecule has 0 spiro atoms. The van der Waals surface area contributed by atoms with E-state index in [4.69, 9.17) is 4.55 Å². The summed E-state index contributed by atoms with van der Waals surface area (Å²) in [4.78, 5) is 19.0. The number of nitro benzene ring substituents is 2. The molecule has 1 N–H and O–H groups in total. The van der Waals surface area contributed by atoms with E-state index in [1.807, 2.05) is 0 Å². The van der Waals surface area contributed by atoms with Gasteiger partial charge in [0.25, 0.3) is 21.5 Å². The molecule has 18 heavy (non-hydrogen) atoms. The van der Waals surface area contributed by atoms with Gasteiger partial charge < -0.3 is 0 Å². The van der Waals surface area contributed by atoms with E-state index in [0.29, 0.717) is 0 Å². The normalized spacial score (nSPS) is 10.1. The Balaban J connectivity index is 0.000000411. The van der Waals surface area contributed by atoms with Crippen LogP contribution in [-0.2, 0) is 10.1 Å². The predicted molar refractivity (Wildman–Crippen MR) is 61.8 cm³/mol. The summed E-state index contributed by atoms with van der Waals surface area (Å²) in [6.45, 7) is 1.37. The SMILES string of the molecule is CCS(=O)(=O)O.O=[N+]([O-])c1cccc([N+](=O)[O-])c1. The van der Waals surface area contributed by atoms with Crippen molar-refractivity contribution in [3.63, 3.8) is 0 Å². The van der Waals surface area contributed by atoms with Crippen molar-refractivity contribution in [1.29, 1.82) is 0 Å². The van der Waals surface area contributed by atoms with Crippen molar-refractivity contribution in [2.24, 2.45) is 0 Å². The lowest BCUT2D eigenvalue weighted by molar-refractivity contribution is -0.394. The van der Waals surface area contributed by atoms with Crippen LogP contribution in [0.25, 0.3) is 0 Å². The highest BCUT2D eigenvalue weighted by atomic mass is 32.2. The van der Waals surface area contributed by atoms with E-state index < -0.39 is 20.0 Å². The van der Waals surface area contributed by atoms with Gasteiger partial charge >= 0.3 is 0 Å². The summed E-state index contributed by atoms with van der Waals surface area (Å²) in [6, 6.07) is 4.59. The third-order valence-corrected chi connectivity index (χ3v) is 2.35. The van der Waals surface area contributed by atoms with Crippen LogP contribution in [0.15, 0.2) is 24.3 Å². The van der Waals surface area contributed by atoms with Gasteiger partial charge in [0, 0.05) is 12.1 Å². The van der Waals surface area contributed by atoms with Gasteiger partial charge in [-0.15, -0.1) is 0 Å². The Morgan fingerprint density at radius 2 is 1.50 bits per heavy atom. The van der Waals surface area contributed by atoms with Crippen molar-refractivity contribution in [2.75, 3.05) is 5.75 Å². The van der Waals surface area contributed by atoms with Crippen molar-refractivity contribution in [3.05, 3.63) is 44.5 Å². The quantitative estimate of drug-likeness (QED) is 0.500. The van der Waals surface area contributed by atoms with Crippen LogP contribution in [0.3, 0.4) is 0 Å². The molecular formula is C8H10N2O7S. The molecule has 10 heteroatoms. The molecule has 0 bridgehead atoms. The van der Waals surface area contributed by atoms with Gasteiger partial charge in [-0.1, -0.05) is 0 Å². The first-order valence-corrected chi connectivity index (χ1v) is 6.12. The highest BCUT2D eigenvalue weighted by molar-refractivity contribution is 7.85. The minimum Gasteiger partial charge on any atom is -0.286 e. The fraction of sp³-hybridized carbons (Fsp3) is 0.250. The molecule has 0 atom stereocenters. The largest absolute Gasteiger partial charge is 0.286 e. The number of non-ortho nitro benzene ring substituents is 2. The second kappa shape index (κ2) is 6.61. The molecule has 0 saturated carbocycles. The maximum absolute atomic E-state index is 10.2. The van der Waals surface area contributed by atoms with Gasteiger partial charge in [-0.2, -0.15) is 8.42 Å². The van der Waals surface area contributed by atoms with Gasteiger partial charge in [0.15, 0.2) is 0 Å². The van der Waals surface area contributed by atoms with Gasteiger partial charge in [0.2, 0.25) is 0 Å². The number of hydrogen-bond acceptors (Lipinski definition) is 6. The van der Waals surface area contributed by atoms with Crippen LogP contribution >= 0.6 is 0 Å². The molecule has 0 aliphatic heterocycles. The van der Waals surface area contributed by atoms with Crippen LogP contribution < -0.4 is 0 Å². The Morgan fingerprint density at radius 1 is 1.17 bits per heavy atom. The molecular weight excluding hydrogens is 268 g/mol. The van der Waals surface area contributed by atoms with E-state index >= 15 is 0 Å². The summed E-state index contributed by atoms with van der Waals surface area (Å²) in [5, 5.41) is 20.3. The van der Waals surface area contributed by atoms with Crippen LogP contribution in [0.5, 0.6) is 0 Å². The first kappa shape index (κ1) is 15.9. The van der Waals surface area contributed by atoms with E-state index in [2.05, 4.69) is 0 Å². The number of hydrogen-bond donors (Lipinski definition) is 1. The Kier molecular flexibility index (Phi) is 5.85. The Morgan fingerprint density at radius 3 is 1.72 bits per heavy atom. The van der Waals surface area contributed by atoms with E-state index in [1.54, 1.807) is 0 Å². The highest BCUT2D eigenvalue weighted by Crippen LogP contribution is 2.18. The number of nitro groups is 2. The van der Waals surface area contributed by atoms with Crippen molar-refractivity contribution in [3.8, 4) is 0 Å². The molecule has 0 fully saturated rings. The predicted octanol–water partition coefficient (Wildman–Crippen LogP) is 1.40. The molecule has 0 aromatic heterocycles. The zero-order valence-electron chi connectivity index (χ0n) is 9.22. The first-order chi connectivity index (χ1) is 8.17. The molecule has 0 amide bonds. The second-order valence-corrected chi connectivity index (χ2v) is 4.65. The molecule has 0 unspecified atom stereocenters. The average molecular weight is 278 g/mol. The molecule has 0 heterocycles. The van der Waals surface area contributed by atoms with Crippen molar-refractivity contribution in [1.82, 2.24) is 0 Å². The highest BCUT2D eigenvalue weighted by Gasteiger charge is 2.11. The zero-order chi connectivity index (χ0) is 14.3. The molecule has 0 radical (unpaired) electrons. The summed E-state index contributed by atoms with van der Waals surface area (Å²) < 4.78 is 26.9. The standard InChI is InChI=1S/C6H4N2O4.C2H6O3S/c9-7(10)5-2-1-3-6(4-5)8(11)12;1-2-6(3,4)5/h1-4H;2H2,1H3,(H,3,4,5). The maximum atomic E-state index is 10.2. The Hall–Kier alpha value is -2.07. The molecule has 1 aromatic rings. The lowest BCUT2D eigenvalue weighted by Crippen LogP contribution is -1.97. The van der Waals surface area contributed by atoms with Gasteiger partial charge in [-0.3, -0.25) is 24.8 Å². The van der Waals surface area contributed by atoms with E-state index in [0.717, 1.165) is 6.07 Å². The fourth-order valence-electron chi connectivity index (χ4n) is 0.720. The fourth-order valence-corrected chi connectivity index (χ4v) is 0.720. The molecule has 100 valence electrons. The van der Waals surface area contributed by atoms with Crippen LogP contribution in [0.2, 0.25) is 0 Å². The minimum absolute atomic E-state index is 0.201. The summed E-state index contributed by atoms with van der Waals surface area (Å²) in [6.07, 6.45) is 0. The molecule has 0 aliphatic carbocycles. The lowest BCUT2D eigenvalue weighted by atomic mass is 10.3. The third kappa shape index (κ3) is 6.50. The summed E-state index contributed by atoms with van der Waals surface area (Å²) >= 11 is 0. The van der Waals surface area contributed by atoms with Crippen molar-refractivity contribution < 1.29 is 22.8 Å². The molecule has 1 rings (SSSR count). The molecule has 1 aromatic carbocycles. The topological polar surface area (TPSA) is 141 Å². The van der Waals surface area contributed by atoms with Gasteiger partial charge in [-0.05, 0) is 13.0 Å². The van der Waals surface area contributed by atoms with Crippen LogP contribution in [0.1, 0.15) is 6.92 Å². The molecule has 0 saturated heterocycles. The summed E-state index contributed by atoms with van der Waals surface area (Å²) in [5.74, 6) is -0.201.